The van der Waals surface area contributed by atoms with Gasteiger partial charge in [-0.05, 0) is 48.5 Å². The molecule has 142 valence electrons. The van der Waals surface area contributed by atoms with Crippen LogP contribution in [-0.4, -0.2) is 53.4 Å². The van der Waals surface area contributed by atoms with Gasteiger partial charge < -0.3 is 10.2 Å². The Morgan fingerprint density at radius 2 is 1.56 bits per heavy atom. The van der Waals surface area contributed by atoms with Crippen LogP contribution >= 0.6 is 0 Å². The van der Waals surface area contributed by atoms with Gasteiger partial charge in [0.25, 0.3) is 5.91 Å². The largest absolute Gasteiger partial charge is 0.378 e. The number of sulfonamides is 1. The Balaban J connectivity index is 1.95. The lowest BCUT2D eigenvalue weighted by atomic mass is 10.2. The molecule has 1 amide bonds. The van der Waals surface area contributed by atoms with E-state index in [0.717, 1.165) is 15.6 Å². The molecule has 0 radical (unpaired) electrons. The van der Waals surface area contributed by atoms with Crippen LogP contribution in [-0.2, 0) is 10.0 Å². The van der Waals surface area contributed by atoms with Crippen LogP contribution < -0.4 is 10.2 Å². The first-order valence-electron chi connectivity index (χ1n) is 8.29. The molecule has 0 aliphatic rings. The maximum Gasteiger partial charge on any atom is 0.252 e. The van der Waals surface area contributed by atoms with E-state index < -0.39 is 10.0 Å². The van der Waals surface area contributed by atoms with Crippen molar-refractivity contribution in [2.45, 2.75) is 4.90 Å². The van der Waals surface area contributed by atoms with Gasteiger partial charge >= 0.3 is 0 Å². The average molecular weight is 385 g/mol. The summed E-state index contributed by atoms with van der Waals surface area (Å²) in [5.41, 5.74) is 2.34. The Morgan fingerprint density at radius 3 is 2.07 bits per heavy atom. The van der Waals surface area contributed by atoms with E-state index in [1.165, 1.54) is 38.4 Å². The van der Waals surface area contributed by atoms with Crippen molar-refractivity contribution in [3.8, 4) is 11.8 Å². The Labute approximate surface area is 160 Å². The third-order valence-corrected chi connectivity index (χ3v) is 5.68. The fourth-order valence-corrected chi connectivity index (χ4v) is 3.11. The normalized spacial score (nSPS) is 10.9. The zero-order chi connectivity index (χ0) is 20.0. The van der Waals surface area contributed by atoms with Crippen molar-refractivity contribution in [1.29, 1.82) is 0 Å². The second-order valence-corrected chi connectivity index (χ2v) is 8.39. The Bertz CT molecular complexity index is 952. The lowest BCUT2D eigenvalue weighted by molar-refractivity contribution is 0.0958. The highest BCUT2D eigenvalue weighted by Crippen LogP contribution is 2.14. The summed E-state index contributed by atoms with van der Waals surface area (Å²) >= 11 is 0. The predicted octanol–water partition coefficient (Wildman–Crippen LogP) is 1.78. The molecule has 2 aromatic carbocycles. The minimum Gasteiger partial charge on any atom is -0.378 e. The highest BCUT2D eigenvalue weighted by molar-refractivity contribution is 7.89. The molecule has 1 N–H and O–H groups in total. The van der Waals surface area contributed by atoms with Crippen molar-refractivity contribution in [2.75, 3.05) is 39.6 Å². The summed E-state index contributed by atoms with van der Waals surface area (Å²) in [6.07, 6.45) is 0. The van der Waals surface area contributed by atoms with Gasteiger partial charge in [0, 0.05) is 45.0 Å². The van der Waals surface area contributed by atoms with E-state index in [4.69, 9.17) is 0 Å². The van der Waals surface area contributed by atoms with Crippen LogP contribution in [0, 0.1) is 11.8 Å². The third kappa shape index (κ3) is 5.33. The maximum atomic E-state index is 12.1. The number of rotatable bonds is 5. The number of carbonyl (C=O) groups is 1. The molecule has 0 saturated carbocycles. The van der Waals surface area contributed by atoms with E-state index in [1.807, 2.05) is 43.3 Å². The lowest BCUT2D eigenvalue weighted by Gasteiger charge is -2.11. The van der Waals surface area contributed by atoms with Crippen LogP contribution in [0.4, 0.5) is 5.69 Å². The van der Waals surface area contributed by atoms with Crippen LogP contribution in [0.15, 0.2) is 53.4 Å². The molecule has 6 nitrogen and oxygen atoms in total. The van der Waals surface area contributed by atoms with Gasteiger partial charge in [0.05, 0.1) is 11.4 Å². The molecule has 0 bridgehead atoms. The summed E-state index contributed by atoms with van der Waals surface area (Å²) in [5.74, 6) is 5.59. The molecule has 0 spiro atoms. The molecule has 2 aromatic rings. The first-order valence-corrected chi connectivity index (χ1v) is 9.73. The number of benzene rings is 2. The van der Waals surface area contributed by atoms with Crippen LogP contribution in [0.25, 0.3) is 0 Å². The second kappa shape index (κ2) is 8.71. The number of nitrogens with zero attached hydrogens (tertiary/aromatic N) is 2. The smallest absolute Gasteiger partial charge is 0.252 e. The van der Waals surface area contributed by atoms with Gasteiger partial charge in [-0.3, -0.25) is 4.79 Å². The van der Waals surface area contributed by atoms with E-state index in [9.17, 15) is 13.2 Å². The number of amides is 1. The van der Waals surface area contributed by atoms with Gasteiger partial charge in [-0.2, -0.15) is 0 Å². The number of hydrogen-bond donors (Lipinski definition) is 1. The van der Waals surface area contributed by atoms with Gasteiger partial charge in [-0.25, -0.2) is 12.7 Å². The van der Waals surface area contributed by atoms with Crippen molar-refractivity contribution in [3.05, 3.63) is 59.7 Å². The highest BCUT2D eigenvalue weighted by atomic mass is 32.2. The van der Waals surface area contributed by atoms with Crippen LogP contribution in [0.2, 0.25) is 0 Å². The first-order chi connectivity index (χ1) is 12.7. The van der Waals surface area contributed by atoms with Crippen LogP contribution in [0.3, 0.4) is 0 Å². The van der Waals surface area contributed by atoms with E-state index in [0.29, 0.717) is 5.56 Å². The van der Waals surface area contributed by atoms with Crippen molar-refractivity contribution in [3.63, 3.8) is 0 Å². The summed E-state index contributed by atoms with van der Waals surface area (Å²) in [6.45, 7) is 0.200. The molecule has 0 aliphatic heterocycles. The van der Waals surface area contributed by atoms with Gasteiger partial charge in [0.15, 0.2) is 0 Å². The molecular weight excluding hydrogens is 362 g/mol. The minimum atomic E-state index is -3.50. The van der Waals surface area contributed by atoms with Crippen molar-refractivity contribution in [2.24, 2.45) is 0 Å². The van der Waals surface area contributed by atoms with E-state index in [1.54, 1.807) is 0 Å². The minimum absolute atomic E-state index is 0.144. The molecule has 2 rings (SSSR count). The average Bonchev–Trinajstić information content (AvgIpc) is 2.65. The summed E-state index contributed by atoms with van der Waals surface area (Å²) < 4.78 is 25.2. The molecule has 7 heteroatoms. The third-order valence-electron chi connectivity index (χ3n) is 3.85. The quantitative estimate of drug-likeness (QED) is 0.797. The van der Waals surface area contributed by atoms with Gasteiger partial charge in [-0.1, -0.05) is 11.8 Å². The number of anilines is 1. The zero-order valence-corrected chi connectivity index (χ0v) is 16.7. The summed E-state index contributed by atoms with van der Waals surface area (Å²) in [6, 6.07) is 13.6. The standard InChI is InChI=1S/C20H23N3O3S/c1-22(2)18-11-7-16(8-12-18)6-5-15-21-20(24)17-9-13-19(14-10-17)27(25,26)23(3)4/h7-14H,15H2,1-4H3,(H,21,24). The molecule has 27 heavy (non-hydrogen) atoms. The number of nitrogens with one attached hydrogen (secondary N) is 1. The van der Waals surface area contributed by atoms with Gasteiger partial charge in [-0.15, -0.1) is 0 Å². The van der Waals surface area contributed by atoms with Crippen molar-refractivity contribution in [1.82, 2.24) is 9.62 Å². The fourth-order valence-electron chi connectivity index (χ4n) is 2.20. The summed E-state index contributed by atoms with van der Waals surface area (Å²) in [7, 11) is 3.36. The molecule has 0 heterocycles. The van der Waals surface area contributed by atoms with E-state index in [2.05, 4.69) is 17.2 Å². The lowest BCUT2D eigenvalue weighted by Crippen LogP contribution is -2.24. The topological polar surface area (TPSA) is 69.7 Å². The number of hydrogen-bond acceptors (Lipinski definition) is 4. The first kappa shape index (κ1) is 20.5. The fraction of sp³-hybridized carbons (Fsp3) is 0.250. The summed E-state index contributed by atoms with van der Waals surface area (Å²) in [5, 5.41) is 2.70. The monoisotopic (exact) mass is 385 g/mol. The van der Waals surface area contributed by atoms with Crippen molar-refractivity contribution < 1.29 is 13.2 Å². The molecule has 0 aromatic heterocycles. The number of carbonyl (C=O) groups excluding carboxylic acids is 1. The van der Waals surface area contributed by atoms with Crippen molar-refractivity contribution >= 4 is 21.6 Å². The van der Waals surface area contributed by atoms with E-state index >= 15 is 0 Å². The molecule has 0 atom stereocenters. The molecule has 0 saturated heterocycles. The molecular formula is C20H23N3O3S. The molecule has 0 aliphatic carbocycles. The second-order valence-electron chi connectivity index (χ2n) is 6.24. The molecule has 0 unspecified atom stereocenters. The SMILES string of the molecule is CN(C)c1ccc(C#CCNC(=O)c2ccc(S(=O)(=O)N(C)C)cc2)cc1. The van der Waals surface area contributed by atoms with Gasteiger partial charge in [0.1, 0.15) is 0 Å². The Kier molecular flexibility index (Phi) is 6.61. The summed E-state index contributed by atoms with van der Waals surface area (Å²) in [4.78, 5) is 14.3. The van der Waals surface area contributed by atoms with E-state index in [-0.39, 0.29) is 17.3 Å². The Morgan fingerprint density at radius 1 is 0.963 bits per heavy atom. The van der Waals surface area contributed by atoms with Crippen LogP contribution in [0.5, 0.6) is 0 Å². The zero-order valence-electron chi connectivity index (χ0n) is 15.9. The Hall–Kier alpha value is -2.82. The maximum absolute atomic E-state index is 12.1. The highest BCUT2D eigenvalue weighted by Gasteiger charge is 2.17. The van der Waals surface area contributed by atoms with Gasteiger partial charge in [0.2, 0.25) is 10.0 Å². The molecule has 0 fully saturated rings. The van der Waals surface area contributed by atoms with Crippen LogP contribution in [0.1, 0.15) is 15.9 Å². The predicted molar refractivity (Wildman–Crippen MR) is 107 cm³/mol.